The molecule has 0 fully saturated rings. The third-order valence-corrected chi connectivity index (χ3v) is 12.9. The second kappa shape index (κ2) is 32.7. The Bertz CT molecular complexity index is 3360. The van der Waals surface area contributed by atoms with Crippen molar-refractivity contribution in [3.05, 3.63) is 199 Å². The fourth-order valence-electron chi connectivity index (χ4n) is 10.1. The summed E-state index contributed by atoms with van der Waals surface area (Å²) < 4.78 is 94.0. The van der Waals surface area contributed by atoms with Crippen molar-refractivity contribution in [3.8, 4) is 12.1 Å². The third kappa shape index (κ3) is 20.5. The number of hydrogen-bond donors (Lipinski definition) is 0. The number of aryl methyl sites for hydroxylation is 16. The molecule has 10 aromatic rings. The predicted octanol–water partition coefficient (Wildman–Crippen LogP) is 12.7. The van der Waals surface area contributed by atoms with Crippen LogP contribution >= 0.6 is 0 Å². The first kappa shape index (κ1) is 76.3. The summed E-state index contributed by atoms with van der Waals surface area (Å²) in [6.07, 6.45) is -1.30. The van der Waals surface area contributed by atoms with Crippen LogP contribution < -0.4 is 0 Å². The number of hydrogen-bond acceptors (Lipinski definition) is 12. The van der Waals surface area contributed by atoms with Gasteiger partial charge in [0.15, 0.2) is 24.7 Å². The van der Waals surface area contributed by atoms with Gasteiger partial charge in [0.05, 0.1) is 80.5 Å². The second-order valence-corrected chi connectivity index (χ2v) is 20.9. The van der Waals surface area contributed by atoms with Crippen molar-refractivity contribution < 1.29 is 79.3 Å². The van der Waals surface area contributed by atoms with Gasteiger partial charge in [-0.1, -0.05) is 12.1 Å². The van der Waals surface area contributed by atoms with E-state index in [9.17, 15) is 34.5 Å². The van der Waals surface area contributed by atoms with Crippen molar-refractivity contribution in [2.45, 2.75) is 149 Å². The van der Waals surface area contributed by atoms with Crippen LogP contribution in [0.4, 0.5) is 34.5 Å². The molecule has 0 aliphatic carbocycles. The van der Waals surface area contributed by atoms with E-state index in [0.717, 1.165) is 114 Å². The van der Waals surface area contributed by atoms with Crippen molar-refractivity contribution in [1.82, 2.24) is 88.2 Å². The molecule has 0 saturated heterocycles. The molecule has 0 radical (unpaired) electrons. The van der Waals surface area contributed by atoms with Gasteiger partial charge in [-0.3, -0.25) is 0 Å². The molecule has 0 N–H and O–H groups in total. The van der Waals surface area contributed by atoms with Gasteiger partial charge in [-0.25, -0.2) is 47.4 Å². The number of nitrogens with zero attached hydrogens (tertiary/aromatic N) is 20. The Balaban J connectivity index is 0.000000373. The van der Waals surface area contributed by atoms with Crippen LogP contribution in [0.3, 0.4) is 0 Å². The van der Waals surface area contributed by atoms with Gasteiger partial charge in [0.25, 0.3) is 0 Å². The predicted molar refractivity (Wildman–Crippen MR) is 319 cm³/mol. The van der Waals surface area contributed by atoms with Crippen molar-refractivity contribution in [2.24, 2.45) is 0 Å². The van der Waals surface area contributed by atoms with E-state index in [1.54, 1.807) is 12.1 Å². The Morgan fingerprint density at radius 3 is 0.500 bits per heavy atom. The minimum absolute atomic E-state index is 0. The van der Waals surface area contributed by atoms with Gasteiger partial charge in [-0.15, -0.1) is 0 Å². The first-order valence-corrected chi connectivity index (χ1v) is 27.6. The largest absolute Gasteiger partial charge is 1.00 e. The maximum absolute atomic E-state index is 9.75. The first-order valence-electron chi connectivity index (χ1n) is 27.6. The van der Waals surface area contributed by atoms with E-state index in [2.05, 4.69) is 104 Å². The number of nitriles is 2. The van der Waals surface area contributed by atoms with Crippen LogP contribution in [0, 0.1) is 133 Å². The summed E-state index contributed by atoms with van der Waals surface area (Å²) in [6.45, 7) is 35.5. The summed E-state index contributed by atoms with van der Waals surface area (Å²) >= 11 is 0. The fraction of sp³-hybridized carbons (Fsp3) is 0.379. The van der Waals surface area contributed by atoms with Crippen molar-refractivity contribution in [3.63, 3.8) is 0 Å². The summed E-state index contributed by atoms with van der Waals surface area (Å²) in [4.78, 5) is 10.5. The van der Waals surface area contributed by atoms with Crippen LogP contribution in [0.15, 0.2) is 84.9 Å². The van der Waals surface area contributed by atoms with Crippen LogP contribution in [-0.2, 0) is 44.8 Å². The molecule has 0 aliphatic heterocycles. The molecular formula is C58H72Ag2B2F8N20. The van der Waals surface area contributed by atoms with Gasteiger partial charge in [0.2, 0.25) is 0 Å². The Labute approximate surface area is 549 Å². The molecule has 0 spiro atoms. The Morgan fingerprint density at radius 1 is 0.300 bits per heavy atom. The van der Waals surface area contributed by atoms with Crippen molar-refractivity contribution >= 4 is 14.5 Å². The van der Waals surface area contributed by atoms with Gasteiger partial charge in [-0.05, 0) is 184 Å². The molecule has 0 bridgehead atoms. The summed E-state index contributed by atoms with van der Waals surface area (Å²) in [5, 5.41) is 53.2. The average molecular weight is 1440 g/mol. The van der Waals surface area contributed by atoms with Crippen LogP contribution in [0.5, 0.6) is 0 Å². The van der Waals surface area contributed by atoms with Gasteiger partial charge in [-0.2, -0.15) is 51.3 Å². The molecule has 90 heavy (non-hydrogen) atoms. The molecule has 0 amide bonds. The summed E-state index contributed by atoms with van der Waals surface area (Å²) in [7, 11) is -12.0. The van der Waals surface area contributed by atoms with Crippen LogP contribution in [0.1, 0.15) is 152 Å². The zero-order valence-electron chi connectivity index (χ0n) is 53.1. The van der Waals surface area contributed by atoms with Crippen LogP contribution in [-0.4, -0.2) is 103 Å². The second-order valence-electron chi connectivity index (χ2n) is 20.9. The molecule has 32 heteroatoms. The third-order valence-electron chi connectivity index (χ3n) is 12.9. The van der Waals surface area contributed by atoms with Gasteiger partial charge >= 0.3 is 59.3 Å². The summed E-state index contributed by atoms with van der Waals surface area (Å²) in [5.41, 5.74) is 19.4. The van der Waals surface area contributed by atoms with E-state index < -0.39 is 14.5 Å². The van der Waals surface area contributed by atoms with Crippen LogP contribution in [0.25, 0.3) is 0 Å². The minimum atomic E-state index is -6.00. The van der Waals surface area contributed by atoms with Gasteiger partial charge in [0.1, 0.15) is 0 Å². The molecule has 20 nitrogen and oxygen atoms in total. The SMILES string of the molecule is CC#N.CC#N.Cc1cc(C)n(C(c2cccc(C(n3nc(C)cc3C)n3nc(C)cc3C)n2)n2nc(C)cc2C)n1.Cc1cc(C)n(C(c2cccc(C(n3nc(C)cc3C)n3nc(C)cc3C)n2)n2nc(C)cc2C)n1.F[B-](F)(F)F.F[B-](F)(F)F.[Ag+].[Ag+]. The Morgan fingerprint density at radius 2 is 0.411 bits per heavy atom. The molecule has 10 rings (SSSR count). The topological polar surface area (TPSA) is 216 Å². The van der Waals surface area contributed by atoms with Gasteiger partial charge in [0, 0.05) is 59.4 Å². The minimum Gasteiger partial charge on any atom is -0.418 e. The van der Waals surface area contributed by atoms with E-state index in [0.29, 0.717) is 0 Å². The van der Waals surface area contributed by atoms with Gasteiger partial charge < -0.3 is 34.5 Å². The molecule has 0 aromatic carbocycles. The quantitative estimate of drug-likeness (QED) is 0.0824. The van der Waals surface area contributed by atoms with E-state index >= 15 is 0 Å². The molecule has 10 heterocycles. The molecule has 488 valence electrons. The molecule has 0 aliphatic rings. The van der Waals surface area contributed by atoms with E-state index in [1.165, 1.54) is 13.8 Å². The zero-order valence-corrected chi connectivity index (χ0v) is 56.1. The molecule has 10 aromatic heterocycles. The molecular weight excluding hydrogens is 1370 g/mol. The first-order chi connectivity index (χ1) is 41.1. The molecule has 0 unspecified atom stereocenters. The number of halogens is 8. The fourth-order valence-corrected chi connectivity index (χ4v) is 10.1. The number of rotatable bonds is 12. The monoisotopic (exact) mass is 1440 g/mol. The number of aromatic nitrogens is 18. The smallest absolute Gasteiger partial charge is 0.418 e. The van der Waals surface area contributed by atoms with E-state index in [-0.39, 0.29) is 69.4 Å². The van der Waals surface area contributed by atoms with E-state index in [4.69, 9.17) is 61.3 Å². The van der Waals surface area contributed by atoms with Crippen molar-refractivity contribution in [1.29, 1.82) is 10.5 Å². The Hall–Kier alpha value is -7.99. The maximum Gasteiger partial charge on any atom is 1.00 e. The van der Waals surface area contributed by atoms with Crippen LogP contribution in [0.2, 0.25) is 0 Å². The zero-order chi connectivity index (χ0) is 65.9. The summed E-state index contributed by atoms with van der Waals surface area (Å²) in [5.74, 6) is 0. The van der Waals surface area contributed by atoms with Crippen molar-refractivity contribution in [2.75, 3.05) is 0 Å². The van der Waals surface area contributed by atoms with E-state index in [1.807, 2.05) is 129 Å². The normalized spacial score (nSPS) is 11.0. The Kier molecular flexibility index (Phi) is 27.7. The molecule has 0 atom stereocenters. The standard InChI is InChI=1S/2C27H33N9.2C2H3N.2Ag.2BF4/c2*1-16-12-20(5)33(29-16)26(34-21(6)13-17(2)30-34)24-10-9-11-25(28-24)27(35-22(7)14-18(3)31-35)36-23(8)15-19(4)32-36;2*1-2-3;;;2*2-1(3,4)5/h2*9-15,26-27H,1-8H3;2*1H3;;;;/q;;;;2*+1;2*-1. The number of pyridine rings is 2. The average Bonchev–Trinajstić information content (AvgIpc) is 1.63. The molecule has 0 saturated carbocycles. The maximum atomic E-state index is 9.75. The summed E-state index contributed by atoms with van der Waals surface area (Å²) in [6, 6.07) is 32.4.